The molecule has 5 heteroatoms. The lowest BCUT2D eigenvalue weighted by atomic mass is 10.1. The molecule has 1 aromatic rings. The summed E-state index contributed by atoms with van der Waals surface area (Å²) >= 11 is 3.51. The molecule has 0 aliphatic heterocycles. The van der Waals surface area contributed by atoms with Crippen LogP contribution in [-0.2, 0) is 6.54 Å². The number of hydrogen-bond acceptors (Lipinski definition) is 4. The van der Waals surface area contributed by atoms with Crippen LogP contribution >= 0.6 is 15.9 Å². The Bertz CT molecular complexity index is 423. The van der Waals surface area contributed by atoms with Crippen LogP contribution in [0, 0.1) is 0 Å². The third-order valence-electron chi connectivity index (χ3n) is 2.72. The molecule has 1 rings (SSSR count). The Morgan fingerprint density at radius 3 is 2.55 bits per heavy atom. The van der Waals surface area contributed by atoms with Gasteiger partial charge in [-0.25, -0.2) is 0 Å². The van der Waals surface area contributed by atoms with Gasteiger partial charge < -0.3 is 19.7 Å². The fraction of sp³-hybridized carbons (Fsp3) is 0.600. The Morgan fingerprint density at radius 1 is 1.30 bits per heavy atom. The van der Waals surface area contributed by atoms with Gasteiger partial charge in [-0.15, -0.1) is 0 Å². The van der Waals surface area contributed by atoms with E-state index in [4.69, 9.17) is 9.47 Å². The van der Waals surface area contributed by atoms with Gasteiger partial charge in [0.15, 0.2) is 11.5 Å². The van der Waals surface area contributed by atoms with E-state index < -0.39 is 0 Å². The number of halogens is 1. The third-order valence-corrected chi connectivity index (χ3v) is 3.18. The van der Waals surface area contributed by atoms with Crippen molar-refractivity contribution in [1.82, 2.24) is 10.2 Å². The molecule has 0 unspecified atom stereocenters. The molecule has 114 valence electrons. The van der Waals surface area contributed by atoms with Crippen LogP contribution in [0.3, 0.4) is 0 Å². The highest BCUT2D eigenvalue weighted by Gasteiger charge is 2.13. The summed E-state index contributed by atoms with van der Waals surface area (Å²) in [4.78, 5) is 2.15. The van der Waals surface area contributed by atoms with Gasteiger partial charge in [-0.05, 0) is 40.1 Å². The molecule has 0 aliphatic rings. The topological polar surface area (TPSA) is 33.7 Å². The van der Waals surface area contributed by atoms with E-state index in [1.807, 2.05) is 19.9 Å². The van der Waals surface area contributed by atoms with Gasteiger partial charge in [0.05, 0.1) is 13.2 Å². The van der Waals surface area contributed by atoms with Crippen molar-refractivity contribution in [3.8, 4) is 11.5 Å². The number of rotatable bonds is 8. The summed E-state index contributed by atoms with van der Waals surface area (Å²) in [7, 11) is 5.80. The SMILES string of the molecule is COc1cc(Br)cc(CNCCN(C)C)c1OC(C)C. The van der Waals surface area contributed by atoms with Crippen molar-refractivity contribution in [2.24, 2.45) is 0 Å². The van der Waals surface area contributed by atoms with Crippen molar-refractivity contribution in [1.29, 1.82) is 0 Å². The maximum Gasteiger partial charge on any atom is 0.166 e. The van der Waals surface area contributed by atoms with Crippen LogP contribution in [0.2, 0.25) is 0 Å². The fourth-order valence-corrected chi connectivity index (χ4v) is 2.29. The summed E-state index contributed by atoms with van der Waals surface area (Å²) in [5.74, 6) is 1.58. The van der Waals surface area contributed by atoms with Crippen molar-refractivity contribution in [3.63, 3.8) is 0 Å². The molecule has 0 spiro atoms. The van der Waals surface area contributed by atoms with Crippen LogP contribution in [0.1, 0.15) is 19.4 Å². The van der Waals surface area contributed by atoms with Crippen LogP contribution in [0.4, 0.5) is 0 Å². The van der Waals surface area contributed by atoms with Gasteiger partial charge in [-0.2, -0.15) is 0 Å². The predicted octanol–water partition coefficient (Wildman–Crippen LogP) is 2.90. The van der Waals surface area contributed by atoms with E-state index in [1.165, 1.54) is 0 Å². The van der Waals surface area contributed by atoms with E-state index in [0.29, 0.717) is 0 Å². The minimum atomic E-state index is 0.116. The zero-order valence-electron chi connectivity index (χ0n) is 13.0. The Labute approximate surface area is 130 Å². The zero-order valence-corrected chi connectivity index (χ0v) is 14.6. The Kier molecular flexibility index (Phi) is 7.34. The summed E-state index contributed by atoms with van der Waals surface area (Å²) in [6, 6.07) is 4.00. The largest absolute Gasteiger partial charge is 0.493 e. The number of nitrogens with one attached hydrogen (secondary N) is 1. The minimum Gasteiger partial charge on any atom is -0.493 e. The van der Waals surface area contributed by atoms with Crippen molar-refractivity contribution < 1.29 is 9.47 Å². The maximum absolute atomic E-state index is 5.90. The highest BCUT2D eigenvalue weighted by molar-refractivity contribution is 9.10. The second kappa shape index (κ2) is 8.49. The van der Waals surface area contributed by atoms with E-state index in [9.17, 15) is 0 Å². The number of methoxy groups -OCH3 is 1. The van der Waals surface area contributed by atoms with Crippen molar-refractivity contribution >= 4 is 15.9 Å². The summed E-state index contributed by atoms with van der Waals surface area (Å²) in [5.41, 5.74) is 1.10. The molecular formula is C15H25BrN2O2. The van der Waals surface area contributed by atoms with E-state index in [1.54, 1.807) is 7.11 Å². The summed E-state index contributed by atoms with van der Waals surface area (Å²) in [6.07, 6.45) is 0.116. The average Bonchev–Trinajstić information content (AvgIpc) is 2.36. The normalized spacial score (nSPS) is 11.2. The summed E-state index contributed by atoms with van der Waals surface area (Å²) < 4.78 is 12.3. The molecule has 0 aliphatic carbocycles. The van der Waals surface area contributed by atoms with Crippen LogP contribution in [-0.4, -0.2) is 45.3 Å². The van der Waals surface area contributed by atoms with Gasteiger partial charge in [-0.3, -0.25) is 0 Å². The van der Waals surface area contributed by atoms with Gasteiger partial charge >= 0.3 is 0 Å². The average molecular weight is 345 g/mol. The number of nitrogens with zero attached hydrogens (tertiary/aromatic N) is 1. The standard InChI is InChI=1S/C15H25BrN2O2/c1-11(2)20-15-12(10-17-6-7-18(3)4)8-13(16)9-14(15)19-5/h8-9,11,17H,6-7,10H2,1-5H3. The van der Waals surface area contributed by atoms with Crippen molar-refractivity contribution in [2.75, 3.05) is 34.3 Å². The monoisotopic (exact) mass is 344 g/mol. The second-order valence-corrected chi connectivity index (χ2v) is 6.16. The van der Waals surface area contributed by atoms with Crippen LogP contribution < -0.4 is 14.8 Å². The van der Waals surface area contributed by atoms with Gasteiger partial charge in [-0.1, -0.05) is 15.9 Å². The second-order valence-electron chi connectivity index (χ2n) is 5.24. The van der Waals surface area contributed by atoms with Crippen LogP contribution in [0.25, 0.3) is 0 Å². The van der Waals surface area contributed by atoms with Crippen molar-refractivity contribution in [2.45, 2.75) is 26.5 Å². The molecule has 0 heterocycles. The van der Waals surface area contributed by atoms with Gasteiger partial charge in [0.25, 0.3) is 0 Å². The molecule has 0 saturated carbocycles. The first-order valence-electron chi connectivity index (χ1n) is 6.82. The molecule has 20 heavy (non-hydrogen) atoms. The predicted molar refractivity (Wildman–Crippen MR) is 86.7 cm³/mol. The summed E-state index contributed by atoms with van der Waals surface area (Å²) in [5, 5.41) is 3.43. The van der Waals surface area contributed by atoms with Gasteiger partial charge in [0, 0.05) is 29.7 Å². The van der Waals surface area contributed by atoms with Gasteiger partial charge in [0.2, 0.25) is 0 Å². The first-order valence-corrected chi connectivity index (χ1v) is 7.61. The van der Waals surface area contributed by atoms with E-state index in [-0.39, 0.29) is 6.10 Å². The Hall–Kier alpha value is -0.780. The van der Waals surface area contributed by atoms with Gasteiger partial charge in [0.1, 0.15) is 0 Å². The molecule has 0 radical (unpaired) electrons. The highest BCUT2D eigenvalue weighted by atomic mass is 79.9. The lowest BCUT2D eigenvalue weighted by molar-refractivity contribution is 0.227. The number of ether oxygens (including phenoxy) is 2. The minimum absolute atomic E-state index is 0.116. The first kappa shape index (κ1) is 17.3. The smallest absolute Gasteiger partial charge is 0.166 e. The number of likely N-dealkylation sites (N-methyl/N-ethyl adjacent to an activating group) is 1. The van der Waals surface area contributed by atoms with E-state index in [0.717, 1.165) is 41.2 Å². The molecule has 0 amide bonds. The summed E-state index contributed by atoms with van der Waals surface area (Å²) in [6.45, 7) is 6.73. The molecule has 4 nitrogen and oxygen atoms in total. The highest BCUT2D eigenvalue weighted by Crippen LogP contribution is 2.35. The van der Waals surface area contributed by atoms with E-state index >= 15 is 0 Å². The van der Waals surface area contributed by atoms with E-state index in [2.05, 4.69) is 46.3 Å². The maximum atomic E-state index is 5.90. The number of benzene rings is 1. The van der Waals surface area contributed by atoms with Crippen LogP contribution in [0.5, 0.6) is 11.5 Å². The lowest BCUT2D eigenvalue weighted by Gasteiger charge is -2.19. The van der Waals surface area contributed by atoms with Crippen molar-refractivity contribution in [3.05, 3.63) is 22.2 Å². The molecule has 1 aromatic carbocycles. The fourth-order valence-electron chi connectivity index (χ4n) is 1.80. The lowest BCUT2D eigenvalue weighted by Crippen LogP contribution is -2.26. The zero-order chi connectivity index (χ0) is 15.1. The quantitative estimate of drug-likeness (QED) is 0.735. The molecule has 1 N–H and O–H groups in total. The van der Waals surface area contributed by atoms with Crippen LogP contribution in [0.15, 0.2) is 16.6 Å². The number of hydrogen-bond donors (Lipinski definition) is 1. The Morgan fingerprint density at radius 2 is 2.00 bits per heavy atom. The Balaban J connectivity index is 2.83. The molecule has 0 fully saturated rings. The first-order chi connectivity index (χ1) is 9.43. The third kappa shape index (κ3) is 5.69. The molecule has 0 aromatic heterocycles. The molecule has 0 saturated heterocycles. The molecule has 0 bridgehead atoms. The molecular weight excluding hydrogens is 320 g/mol. The molecule has 0 atom stereocenters.